The summed E-state index contributed by atoms with van der Waals surface area (Å²) in [6.45, 7) is 7.31. The maximum atomic E-state index is 12.5. The van der Waals surface area contributed by atoms with E-state index in [4.69, 9.17) is 0 Å². The molecular weight excluding hydrogens is 300 g/mol. The topological polar surface area (TPSA) is 48.5 Å². The highest BCUT2D eigenvalue weighted by atomic mass is 16.2. The van der Waals surface area contributed by atoms with Gasteiger partial charge in [-0.05, 0) is 63.2 Å². The Bertz CT molecular complexity index is 537. The third kappa shape index (κ3) is 4.47. The number of anilines is 1. The lowest BCUT2D eigenvalue weighted by molar-refractivity contribution is 0.0697. The van der Waals surface area contributed by atoms with Gasteiger partial charge in [-0.2, -0.15) is 0 Å². The molecule has 1 aromatic rings. The van der Waals surface area contributed by atoms with Crippen molar-refractivity contribution >= 4 is 11.7 Å². The number of aromatic nitrogens is 1. The monoisotopic (exact) mass is 330 g/mol. The van der Waals surface area contributed by atoms with Gasteiger partial charge in [0, 0.05) is 32.4 Å². The molecular formula is C19H30N4O. The molecule has 5 heteroatoms. The van der Waals surface area contributed by atoms with Crippen LogP contribution in [0.25, 0.3) is 0 Å². The molecule has 5 nitrogen and oxygen atoms in total. The second-order valence-corrected chi connectivity index (χ2v) is 7.56. The normalized spacial score (nSPS) is 23.2. The van der Waals surface area contributed by atoms with Gasteiger partial charge in [0.15, 0.2) is 0 Å². The van der Waals surface area contributed by atoms with E-state index in [-0.39, 0.29) is 5.91 Å². The lowest BCUT2D eigenvalue weighted by Gasteiger charge is -2.30. The number of rotatable bonds is 4. The lowest BCUT2D eigenvalue weighted by atomic mass is 9.98. The quantitative estimate of drug-likeness (QED) is 0.922. The molecule has 1 unspecified atom stereocenters. The predicted octanol–water partition coefficient (Wildman–Crippen LogP) is 2.71. The number of nitrogens with one attached hydrogen (secondary N) is 1. The summed E-state index contributed by atoms with van der Waals surface area (Å²) in [6.07, 6.45) is 6.48. The van der Waals surface area contributed by atoms with E-state index >= 15 is 0 Å². The van der Waals surface area contributed by atoms with E-state index in [1.807, 2.05) is 17.0 Å². The van der Waals surface area contributed by atoms with Gasteiger partial charge < -0.3 is 15.1 Å². The molecule has 2 saturated heterocycles. The van der Waals surface area contributed by atoms with Crippen molar-refractivity contribution in [3.8, 4) is 0 Å². The number of piperidine rings is 2. The van der Waals surface area contributed by atoms with Crippen LogP contribution in [0.4, 0.5) is 5.82 Å². The molecule has 1 atom stereocenters. The van der Waals surface area contributed by atoms with Crippen LogP contribution < -0.4 is 5.32 Å². The average molecular weight is 330 g/mol. The van der Waals surface area contributed by atoms with Crippen LogP contribution in [0.2, 0.25) is 0 Å². The molecule has 3 rings (SSSR count). The van der Waals surface area contributed by atoms with Gasteiger partial charge in [-0.1, -0.05) is 6.92 Å². The van der Waals surface area contributed by atoms with E-state index in [0.717, 1.165) is 50.8 Å². The van der Waals surface area contributed by atoms with Gasteiger partial charge in [0.25, 0.3) is 5.91 Å². The van der Waals surface area contributed by atoms with Crippen LogP contribution in [0.15, 0.2) is 18.3 Å². The molecule has 24 heavy (non-hydrogen) atoms. The largest absolute Gasteiger partial charge is 0.370 e. The fourth-order valence-corrected chi connectivity index (χ4v) is 3.71. The summed E-state index contributed by atoms with van der Waals surface area (Å²) in [5, 5.41) is 3.42. The Hall–Kier alpha value is -1.62. The van der Waals surface area contributed by atoms with Gasteiger partial charge in [-0.25, -0.2) is 4.98 Å². The summed E-state index contributed by atoms with van der Waals surface area (Å²) in [7, 11) is 2.19. The molecule has 2 aliphatic heterocycles. The Labute approximate surface area is 145 Å². The van der Waals surface area contributed by atoms with E-state index in [1.165, 1.54) is 19.4 Å². The number of hydrogen-bond acceptors (Lipinski definition) is 4. The van der Waals surface area contributed by atoms with Crippen LogP contribution in [-0.2, 0) is 0 Å². The van der Waals surface area contributed by atoms with Crippen molar-refractivity contribution in [1.82, 2.24) is 14.8 Å². The predicted molar refractivity (Wildman–Crippen MR) is 97.2 cm³/mol. The lowest BCUT2D eigenvalue weighted by Crippen LogP contribution is -2.38. The molecule has 0 aliphatic carbocycles. The highest BCUT2D eigenvalue weighted by Crippen LogP contribution is 2.19. The molecule has 2 fully saturated rings. The molecule has 0 radical (unpaired) electrons. The van der Waals surface area contributed by atoms with E-state index in [2.05, 4.69) is 29.2 Å². The van der Waals surface area contributed by atoms with E-state index in [1.54, 1.807) is 6.20 Å². The van der Waals surface area contributed by atoms with Crippen molar-refractivity contribution in [2.75, 3.05) is 45.1 Å². The zero-order valence-electron chi connectivity index (χ0n) is 15.0. The molecule has 132 valence electrons. The van der Waals surface area contributed by atoms with Crippen molar-refractivity contribution in [2.24, 2.45) is 11.8 Å². The van der Waals surface area contributed by atoms with Gasteiger partial charge in [-0.15, -0.1) is 0 Å². The summed E-state index contributed by atoms with van der Waals surface area (Å²) in [4.78, 5) is 21.3. The molecule has 0 saturated carbocycles. The molecule has 0 spiro atoms. The maximum absolute atomic E-state index is 12.5. The summed E-state index contributed by atoms with van der Waals surface area (Å²) < 4.78 is 0. The highest BCUT2D eigenvalue weighted by molar-refractivity contribution is 5.94. The molecule has 1 amide bonds. The first kappa shape index (κ1) is 17.2. The Morgan fingerprint density at radius 2 is 2.04 bits per heavy atom. The van der Waals surface area contributed by atoms with Crippen LogP contribution in [-0.4, -0.2) is 60.5 Å². The number of carbonyl (C=O) groups is 1. The summed E-state index contributed by atoms with van der Waals surface area (Å²) in [6, 6.07) is 3.84. The van der Waals surface area contributed by atoms with Gasteiger partial charge in [0.1, 0.15) is 5.82 Å². The van der Waals surface area contributed by atoms with Gasteiger partial charge in [-0.3, -0.25) is 4.79 Å². The standard InChI is InChI=1S/C19H30N4O/c1-15-7-10-23(11-8-15)19(24)17-5-6-18(21-13-17)20-12-16-4-3-9-22(2)14-16/h5-6,13,15-16H,3-4,7-12,14H2,1-2H3,(H,20,21). The summed E-state index contributed by atoms with van der Waals surface area (Å²) >= 11 is 0. The second kappa shape index (κ2) is 7.97. The third-order valence-electron chi connectivity index (χ3n) is 5.38. The number of likely N-dealkylation sites (tertiary alicyclic amines) is 2. The zero-order chi connectivity index (χ0) is 16.9. The van der Waals surface area contributed by atoms with Crippen LogP contribution in [0, 0.1) is 11.8 Å². The van der Waals surface area contributed by atoms with E-state index < -0.39 is 0 Å². The Balaban J connectivity index is 1.50. The first-order valence-electron chi connectivity index (χ1n) is 9.29. The van der Waals surface area contributed by atoms with Gasteiger partial charge in [0.2, 0.25) is 0 Å². The number of pyridine rings is 1. The fourth-order valence-electron chi connectivity index (χ4n) is 3.71. The minimum absolute atomic E-state index is 0.120. The first-order chi connectivity index (χ1) is 11.6. The Morgan fingerprint density at radius 1 is 1.25 bits per heavy atom. The maximum Gasteiger partial charge on any atom is 0.255 e. The van der Waals surface area contributed by atoms with Crippen LogP contribution in [0.1, 0.15) is 43.0 Å². The first-order valence-corrected chi connectivity index (χ1v) is 9.29. The van der Waals surface area contributed by atoms with E-state index in [0.29, 0.717) is 11.5 Å². The molecule has 2 aliphatic rings. The number of carbonyl (C=O) groups excluding carboxylic acids is 1. The van der Waals surface area contributed by atoms with Crippen molar-refractivity contribution in [1.29, 1.82) is 0 Å². The fraction of sp³-hybridized carbons (Fsp3) is 0.684. The molecule has 1 N–H and O–H groups in total. The van der Waals surface area contributed by atoms with Crippen LogP contribution >= 0.6 is 0 Å². The second-order valence-electron chi connectivity index (χ2n) is 7.56. The molecule has 3 heterocycles. The van der Waals surface area contributed by atoms with Crippen molar-refractivity contribution in [2.45, 2.75) is 32.6 Å². The molecule has 0 bridgehead atoms. The van der Waals surface area contributed by atoms with Crippen LogP contribution in [0.3, 0.4) is 0 Å². The third-order valence-corrected chi connectivity index (χ3v) is 5.38. The molecule has 0 aromatic carbocycles. The number of hydrogen-bond donors (Lipinski definition) is 1. The van der Waals surface area contributed by atoms with E-state index in [9.17, 15) is 4.79 Å². The molecule has 1 aromatic heterocycles. The smallest absolute Gasteiger partial charge is 0.255 e. The highest BCUT2D eigenvalue weighted by Gasteiger charge is 2.21. The van der Waals surface area contributed by atoms with Crippen molar-refractivity contribution in [3.63, 3.8) is 0 Å². The average Bonchev–Trinajstić information content (AvgIpc) is 2.61. The summed E-state index contributed by atoms with van der Waals surface area (Å²) in [5.74, 6) is 2.40. The van der Waals surface area contributed by atoms with Crippen molar-refractivity contribution < 1.29 is 4.79 Å². The Morgan fingerprint density at radius 3 is 2.71 bits per heavy atom. The minimum Gasteiger partial charge on any atom is -0.370 e. The minimum atomic E-state index is 0.120. The van der Waals surface area contributed by atoms with Gasteiger partial charge >= 0.3 is 0 Å². The number of nitrogens with zero attached hydrogens (tertiary/aromatic N) is 3. The van der Waals surface area contributed by atoms with Crippen molar-refractivity contribution in [3.05, 3.63) is 23.9 Å². The Kier molecular flexibility index (Phi) is 5.72. The SMILES string of the molecule is CC1CCN(C(=O)c2ccc(NCC3CCCN(C)C3)nc2)CC1. The zero-order valence-corrected chi connectivity index (χ0v) is 15.0. The number of amides is 1. The van der Waals surface area contributed by atoms with Crippen LogP contribution in [0.5, 0.6) is 0 Å². The summed E-state index contributed by atoms with van der Waals surface area (Å²) in [5.41, 5.74) is 0.701. The van der Waals surface area contributed by atoms with Gasteiger partial charge in [0.05, 0.1) is 5.56 Å².